The Bertz CT molecular complexity index is 551. The molecule has 0 bridgehead atoms. The van der Waals surface area contributed by atoms with E-state index in [0.29, 0.717) is 0 Å². The van der Waals surface area contributed by atoms with Crippen molar-refractivity contribution in [3.05, 3.63) is 54.1 Å². The molecule has 0 spiro atoms. The van der Waals surface area contributed by atoms with Crippen molar-refractivity contribution < 1.29 is 0 Å². The van der Waals surface area contributed by atoms with Crippen LogP contribution in [-0.2, 0) is 13.1 Å². The number of nitrogens with zero attached hydrogens (tertiary/aromatic N) is 3. The third-order valence-corrected chi connectivity index (χ3v) is 3.58. The zero-order valence-electron chi connectivity index (χ0n) is 11.8. The van der Waals surface area contributed by atoms with Crippen LogP contribution in [0.2, 0.25) is 0 Å². The van der Waals surface area contributed by atoms with E-state index >= 15 is 0 Å². The van der Waals surface area contributed by atoms with Crippen molar-refractivity contribution in [2.24, 2.45) is 0 Å². The van der Waals surface area contributed by atoms with Crippen LogP contribution in [0, 0.1) is 0 Å². The molecule has 0 atom stereocenters. The van der Waals surface area contributed by atoms with Gasteiger partial charge in [-0.3, -0.25) is 9.97 Å². The second-order valence-electron chi connectivity index (χ2n) is 5.34. The van der Waals surface area contributed by atoms with Gasteiger partial charge < -0.3 is 10.2 Å². The van der Waals surface area contributed by atoms with Gasteiger partial charge in [-0.25, -0.2) is 0 Å². The molecule has 0 saturated heterocycles. The minimum absolute atomic E-state index is 0.720. The van der Waals surface area contributed by atoms with Gasteiger partial charge in [-0.2, -0.15) is 0 Å². The maximum absolute atomic E-state index is 4.38. The molecule has 104 valence electrons. The molecule has 1 N–H and O–H groups in total. The van der Waals surface area contributed by atoms with E-state index in [2.05, 4.69) is 39.4 Å². The Balaban J connectivity index is 1.71. The summed E-state index contributed by atoms with van der Waals surface area (Å²) in [5.74, 6) is 0. The summed E-state index contributed by atoms with van der Waals surface area (Å²) in [6, 6.07) is 8.83. The van der Waals surface area contributed by atoms with Gasteiger partial charge in [0.1, 0.15) is 0 Å². The standard InChI is InChI=1S/C16H20N4/c1-20(12-15-4-2-3-8-18-15)16-11-17-9-7-13(16)10-19-14-5-6-14/h2-4,7-9,11,14,19H,5-6,10,12H2,1H3. The van der Waals surface area contributed by atoms with Crippen molar-refractivity contribution in [2.75, 3.05) is 11.9 Å². The zero-order valence-corrected chi connectivity index (χ0v) is 11.8. The number of nitrogens with one attached hydrogen (secondary N) is 1. The van der Waals surface area contributed by atoms with E-state index in [0.717, 1.165) is 24.8 Å². The normalized spacial score (nSPS) is 14.2. The van der Waals surface area contributed by atoms with Gasteiger partial charge in [0.2, 0.25) is 0 Å². The summed E-state index contributed by atoms with van der Waals surface area (Å²) in [6.45, 7) is 1.71. The Morgan fingerprint density at radius 1 is 1.25 bits per heavy atom. The summed E-state index contributed by atoms with van der Waals surface area (Å²) in [6.07, 6.45) is 8.26. The number of aromatic nitrogens is 2. The van der Waals surface area contributed by atoms with Crippen LogP contribution in [0.5, 0.6) is 0 Å². The second-order valence-corrected chi connectivity index (χ2v) is 5.34. The minimum atomic E-state index is 0.720. The Labute approximate surface area is 119 Å². The van der Waals surface area contributed by atoms with Crippen molar-refractivity contribution in [3.63, 3.8) is 0 Å². The van der Waals surface area contributed by atoms with Gasteiger partial charge in [-0.1, -0.05) is 6.07 Å². The fourth-order valence-corrected chi connectivity index (χ4v) is 2.27. The average Bonchev–Trinajstić information content (AvgIpc) is 3.31. The van der Waals surface area contributed by atoms with E-state index in [9.17, 15) is 0 Å². The molecule has 1 saturated carbocycles. The lowest BCUT2D eigenvalue weighted by Crippen LogP contribution is -2.22. The highest BCUT2D eigenvalue weighted by molar-refractivity contribution is 5.51. The third-order valence-electron chi connectivity index (χ3n) is 3.58. The largest absolute Gasteiger partial charge is 0.367 e. The van der Waals surface area contributed by atoms with Crippen molar-refractivity contribution in [1.29, 1.82) is 0 Å². The van der Waals surface area contributed by atoms with Crippen LogP contribution in [0.4, 0.5) is 5.69 Å². The first-order chi connectivity index (χ1) is 9.83. The molecule has 1 aliphatic rings. The van der Waals surface area contributed by atoms with Gasteiger partial charge >= 0.3 is 0 Å². The van der Waals surface area contributed by atoms with E-state index in [1.54, 1.807) is 0 Å². The molecule has 2 heterocycles. The van der Waals surface area contributed by atoms with Gasteiger partial charge in [-0.05, 0) is 36.6 Å². The van der Waals surface area contributed by atoms with Crippen LogP contribution >= 0.6 is 0 Å². The summed E-state index contributed by atoms with van der Waals surface area (Å²) in [5.41, 5.74) is 3.54. The van der Waals surface area contributed by atoms with Crippen LogP contribution in [0.25, 0.3) is 0 Å². The molecule has 2 aromatic heterocycles. The third kappa shape index (κ3) is 3.33. The molecule has 0 radical (unpaired) electrons. The van der Waals surface area contributed by atoms with E-state index in [1.807, 2.05) is 30.7 Å². The van der Waals surface area contributed by atoms with Crippen LogP contribution < -0.4 is 10.2 Å². The molecular formula is C16H20N4. The number of hydrogen-bond acceptors (Lipinski definition) is 4. The van der Waals surface area contributed by atoms with Crippen molar-refractivity contribution in [3.8, 4) is 0 Å². The average molecular weight is 268 g/mol. The second kappa shape index (κ2) is 6.01. The first kappa shape index (κ1) is 13.1. The number of pyridine rings is 2. The highest BCUT2D eigenvalue weighted by Crippen LogP contribution is 2.23. The Hall–Kier alpha value is -1.94. The molecule has 0 unspecified atom stereocenters. The van der Waals surface area contributed by atoms with Crippen molar-refractivity contribution in [2.45, 2.75) is 32.0 Å². The highest BCUT2D eigenvalue weighted by atomic mass is 15.1. The quantitative estimate of drug-likeness (QED) is 0.873. The maximum atomic E-state index is 4.38. The first-order valence-electron chi connectivity index (χ1n) is 7.10. The molecule has 0 amide bonds. The van der Waals surface area contributed by atoms with Crippen LogP contribution in [-0.4, -0.2) is 23.1 Å². The van der Waals surface area contributed by atoms with Gasteiger partial charge in [-0.15, -0.1) is 0 Å². The molecule has 2 aromatic rings. The number of anilines is 1. The van der Waals surface area contributed by atoms with Gasteiger partial charge in [0.05, 0.1) is 24.1 Å². The summed E-state index contributed by atoms with van der Waals surface area (Å²) in [7, 11) is 2.09. The van der Waals surface area contributed by atoms with Gasteiger partial charge in [0, 0.05) is 32.0 Å². The first-order valence-corrected chi connectivity index (χ1v) is 7.10. The SMILES string of the molecule is CN(Cc1ccccn1)c1cnccc1CNC1CC1. The zero-order chi connectivity index (χ0) is 13.8. The molecule has 20 heavy (non-hydrogen) atoms. The Kier molecular flexibility index (Phi) is 3.92. The lowest BCUT2D eigenvalue weighted by molar-refractivity contribution is 0.684. The summed E-state index contributed by atoms with van der Waals surface area (Å²) >= 11 is 0. The minimum Gasteiger partial charge on any atom is -0.367 e. The van der Waals surface area contributed by atoms with Crippen molar-refractivity contribution >= 4 is 5.69 Å². The Morgan fingerprint density at radius 3 is 2.90 bits per heavy atom. The predicted molar refractivity (Wildman–Crippen MR) is 80.4 cm³/mol. The molecule has 4 nitrogen and oxygen atoms in total. The Morgan fingerprint density at radius 2 is 2.15 bits per heavy atom. The molecule has 4 heteroatoms. The fraction of sp³-hybridized carbons (Fsp3) is 0.375. The summed E-state index contributed by atoms with van der Waals surface area (Å²) < 4.78 is 0. The molecule has 1 fully saturated rings. The maximum Gasteiger partial charge on any atom is 0.0599 e. The molecule has 0 aliphatic heterocycles. The lowest BCUT2D eigenvalue weighted by Gasteiger charge is -2.21. The van der Waals surface area contributed by atoms with E-state index in [4.69, 9.17) is 0 Å². The van der Waals surface area contributed by atoms with E-state index < -0.39 is 0 Å². The molecule has 3 rings (SSSR count). The molecule has 0 aromatic carbocycles. The van der Waals surface area contributed by atoms with Crippen LogP contribution in [0.3, 0.4) is 0 Å². The molecule has 1 aliphatic carbocycles. The number of rotatable bonds is 6. The van der Waals surface area contributed by atoms with Gasteiger partial charge in [0.25, 0.3) is 0 Å². The predicted octanol–water partition coefficient (Wildman–Crippen LogP) is 2.37. The smallest absolute Gasteiger partial charge is 0.0599 e. The highest BCUT2D eigenvalue weighted by Gasteiger charge is 2.20. The summed E-state index contributed by atoms with van der Waals surface area (Å²) in [4.78, 5) is 10.8. The van der Waals surface area contributed by atoms with Crippen molar-refractivity contribution in [1.82, 2.24) is 15.3 Å². The summed E-state index contributed by atoms with van der Waals surface area (Å²) in [5, 5.41) is 3.56. The topological polar surface area (TPSA) is 41.1 Å². The van der Waals surface area contributed by atoms with E-state index in [-0.39, 0.29) is 0 Å². The fourth-order valence-electron chi connectivity index (χ4n) is 2.27. The van der Waals surface area contributed by atoms with Crippen LogP contribution in [0.15, 0.2) is 42.9 Å². The monoisotopic (exact) mass is 268 g/mol. The van der Waals surface area contributed by atoms with E-state index in [1.165, 1.54) is 24.1 Å². The lowest BCUT2D eigenvalue weighted by atomic mass is 10.2. The molecular weight excluding hydrogens is 248 g/mol. The van der Waals surface area contributed by atoms with Crippen LogP contribution in [0.1, 0.15) is 24.1 Å². The van der Waals surface area contributed by atoms with Gasteiger partial charge in [0.15, 0.2) is 0 Å². The number of hydrogen-bond donors (Lipinski definition) is 1.